The molecule has 2 amide bonds. The molecule has 0 aromatic heterocycles. The van der Waals surface area contributed by atoms with Gasteiger partial charge in [-0.05, 0) is 41.3 Å². The topological polar surface area (TPSA) is 76.7 Å². The van der Waals surface area contributed by atoms with Crippen LogP contribution in [-0.2, 0) is 22.6 Å². The normalized spacial score (nSPS) is 10.5. The first-order chi connectivity index (χ1) is 13.4. The molecule has 2 rings (SSSR count). The van der Waals surface area contributed by atoms with E-state index in [0.717, 1.165) is 16.8 Å². The van der Waals surface area contributed by atoms with Gasteiger partial charge in [-0.15, -0.1) is 0 Å². The fraction of sp³-hybridized carbons (Fsp3) is 0.364. The Bertz CT molecular complexity index is 818. The van der Waals surface area contributed by atoms with Gasteiger partial charge in [0.1, 0.15) is 0 Å². The largest absolute Gasteiger partial charge is 0.493 e. The second kappa shape index (κ2) is 10.3. The van der Waals surface area contributed by atoms with Crippen molar-refractivity contribution in [2.45, 2.75) is 33.2 Å². The fourth-order valence-electron chi connectivity index (χ4n) is 2.78. The third-order valence-corrected chi connectivity index (χ3v) is 4.11. The van der Waals surface area contributed by atoms with Gasteiger partial charge in [0.25, 0.3) is 0 Å². The highest BCUT2D eigenvalue weighted by atomic mass is 16.5. The van der Waals surface area contributed by atoms with Gasteiger partial charge < -0.3 is 20.1 Å². The Morgan fingerprint density at radius 3 is 2.36 bits per heavy atom. The van der Waals surface area contributed by atoms with Gasteiger partial charge in [0.15, 0.2) is 11.5 Å². The summed E-state index contributed by atoms with van der Waals surface area (Å²) in [6.07, 6.45) is 0.720. The van der Waals surface area contributed by atoms with Gasteiger partial charge >= 0.3 is 0 Å². The number of carbonyl (C=O) groups excluding carboxylic acids is 2. The molecule has 0 radical (unpaired) electrons. The van der Waals surface area contributed by atoms with E-state index in [1.165, 1.54) is 0 Å². The van der Waals surface area contributed by atoms with Crippen molar-refractivity contribution in [3.05, 3.63) is 53.6 Å². The van der Waals surface area contributed by atoms with Crippen LogP contribution in [0.15, 0.2) is 42.5 Å². The highest BCUT2D eigenvalue weighted by Crippen LogP contribution is 2.27. The Morgan fingerprint density at radius 2 is 1.68 bits per heavy atom. The number of rotatable bonds is 9. The summed E-state index contributed by atoms with van der Waals surface area (Å²) in [6.45, 7) is 4.40. The fourth-order valence-corrected chi connectivity index (χ4v) is 2.78. The van der Waals surface area contributed by atoms with E-state index >= 15 is 0 Å². The van der Waals surface area contributed by atoms with Crippen molar-refractivity contribution in [1.82, 2.24) is 5.32 Å². The SMILES string of the molecule is COc1ccc(CC(=O)NCc2cccc(NC(=O)CC(C)C)c2)cc1OC. The zero-order valence-electron chi connectivity index (χ0n) is 16.9. The quantitative estimate of drug-likeness (QED) is 0.693. The minimum absolute atomic E-state index is 0.00959. The molecule has 0 aliphatic heterocycles. The molecule has 150 valence electrons. The van der Waals surface area contributed by atoms with Crippen LogP contribution in [-0.4, -0.2) is 26.0 Å². The third-order valence-electron chi connectivity index (χ3n) is 4.11. The molecule has 6 heteroatoms. The van der Waals surface area contributed by atoms with Crippen molar-refractivity contribution < 1.29 is 19.1 Å². The van der Waals surface area contributed by atoms with Gasteiger partial charge in [-0.25, -0.2) is 0 Å². The van der Waals surface area contributed by atoms with Gasteiger partial charge in [-0.3, -0.25) is 9.59 Å². The lowest BCUT2D eigenvalue weighted by atomic mass is 10.1. The molecule has 0 aliphatic rings. The smallest absolute Gasteiger partial charge is 0.224 e. The highest BCUT2D eigenvalue weighted by molar-refractivity contribution is 5.90. The minimum atomic E-state index is -0.0959. The molecule has 6 nitrogen and oxygen atoms in total. The average Bonchev–Trinajstić information content (AvgIpc) is 2.66. The summed E-state index contributed by atoms with van der Waals surface area (Å²) in [6, 6.07) is 12.9. The summed E-state index contributed by atoms with van der Waals surface area (Å²) in [5.74, 6) is 1.42. The number of methoxy groups -OCH3 is 2. The lowest BCUT2D eigenvalue weighted by Gasteiger charge is -2.11. The van der Waals surface area contributed by atoms with Crippen molar-refractivity contribution in [2.75, 3.05) is 19.5 Å². The van der Waals surface area contributed by atoms with E-state index in [1.54, 1.807) is 26.4 Å². The van der Waals surface area contributed by atoms with Crippen LogP contribution in [0.4, 0.5) is 5.69 Å². The van der Waals surface area contributed by atoms with Gasteiger partial charge in [-0.2, -0.15) is 0 Å². The average molecular weight is 384 g/mol. The highest BCUT2D eigenvalue weighted by Gasteiger charge is 2.09. The number of ether oxygens (including phenoxy) is 2. The van der Waals surface area contributed by atoms with E-state index in [-0.39, 0.29) is 18.2 Å². The van der Waals surface area contributed by atoms with Crippen molar-refractivity contribution in [2.24, 2.45) is 5.92 Å². The molecule has 28 heavy (non-hydrogen) atoms. The number of anilines is 1. The number of hydrogen-bond acceptors (Lipinski definition) is 4. The molecular weight excluding hydrogens is 356 g/mol. The summed E-state index contributed by atoms with van der Waals surface area (Å²) in [4.78, 5) is 24.2. The van der Waals surface area contributed by atoms with Crippen LogP contribution in [0.1, 0.15) is 31.4 Å². The van der Waals surface area contributed by atoms with E-state index in [1.807, 2.05) is 44.2 Å². The standard InChI is InChI=1S/C22H28N2O4/c1-15(2)10-22(26)24-18-7-5-6-17(11-18)14-23-21(25)13-16-8-9-19(27-3)20(12-16)28-4/h5-9,11-12,15H,10,13-14H2,1-4H3,(H,23,25)(H,24,26). The van der Waals surface area contributed by atoms with Crippen LogP contribution >= 0.6 is 0 Å². The predicted octanol–water partition coefficient (Wildman–Crippen LogP) is 3.55. The molecule has 0 atom stereocenters. The number of hydrogen-bond donors (Lipinski definition) is 2. The van der Waals surface area contributed by atoms with Crippen molar-refractivity contribution in [1.29, 1.82) is 0 Å². The first-order valence-corrected chi connectivity index (χ1v) is 9.27. The molecule has 0 saturated heterocycles. The van der Waals surface area contributed by atoms with E-state index in [4.69, 9.17) is 9.47 Å². The first-order valence-electron chi connectivity index (χ1n) is 9.27. The zero-order valence-corrected chi connectivity index (χ0v) is 16.9. The van der Waals surface area contributed by atoms with E-state index < -0.39 is 0 Å². The maximum absolute atomic E-state index is 12.3. The zero-order chi connectivity index (χ0) is 20.5. The van der Waals surface area contributed by atoms with Crippen molar-refractivity contribution in [3.63, 3.8) is 0 Å². The Hall–Kier alpha value is -3.02. The molecule has 0 heterocycles. The molecule has 0 fully saturated rings. The molecule has 2 N–H and O–H groups in total. The molecule has 0 spiro atoms. The van der Waals surface area contributed by atoms with Gasteiger partial charge in [0.05, 0.1) is 20.6 Å². The summed E-state index contributed by atoms with van der Waals surface area (Å²) in [5.41, 5.74) is 2.49. The molecule has 0 saturated carbocycles. The third kappa shape index (κ3) is 6.61. The Balaban J connectivity index is 1.90. The van der Waals surface area contributed by atoms with Crippen LogP contribution in [0.25, 0.3) is 0 Å². The maximum atomic E-state index is 12.3. The van der Waals surface area contributed by atoms with E-state index in [0.29, 0.717) is 30.4 Å². The second-order valence-electron chi connectivity index (χ2n) is 6.99. The molecule has 0 unspecified atom stereocenters. The molecule has 0 bridgehead atoms. The summed E-state index contributed by atoms with van der Waals surface area (Å²) < 4.78 is 10.5. The lowest BCUT2D eigenvalue weighted by Crippen LogP contribution is -2.24. The van der Waals surface area contributed by atoms with Crippen molar-refractivity contribution >= 4 is 17.5 Å². The molecule has 0 aliphatic carbocycles. The van der Waals surface area contributed by atoms with Crippen LogP contribution in [0.5, 0.6) is 11.5 Å². The van der Waals surface area contributed by atoms with Gasteiger partial charge in [0, 0.05) is 18.7 Å². The first kappa shape index (κ1) is 21.3. The Labute approximate surface area is 166 Å². The van der Waals surface area contributed by atoms with Crippen molar-refractivity contribution in [3.8, 4) is 11.5 Å². The number of amides is 2. The number of carbonyl (C=O) groups is 2. The Kier molecular flexibility index (Phi) is 7.87. The van der Waals surface area contributed by atoms with Crippen LogP contribution in [0, 0.1) is 5.92 Å². The molecule has 2 aromatic rings. The number of benzene rings is 2. The maximum Gasteiger partial charge on any atom is 0.224 e. The minimum Gasteiger partial charge on any atom is -0.493 e. The van der Waals surface area contributed by atoms with Crippen LogP contribution in [0.2, 0.25) is 0 Å². The van der Waals surface area contributed by atoms with Gasteiger partial charge in [0.2, 0.25) is 11.8 Å². The monoisotopic (exact) mass is 384 g/mol. The predicted molar refractivity (Wildman–Crippen MR) is 110 cm³/mol. The van der Waals surface area contributed by atoms with Crippen LogP contribution in [0.3, 0.4) is 0 Å². The van der Waals surface area contributed by atoms with Crippen LogP contribution < -0.4 is 20.1 Å². The Morgan fingerprint density at radius 1 is 0.929 bits per heavy atom. The second-order valence-corrected chi connectivity index (χ2v) is 6.99. The van der Waals surface area contributed by atoms with E-state index in [2.05, 4.69) is 10.6 Å². The lowest BCUT2D eigenvalue weighted by molar-refractivity contribution is -0.120. The van der Waals surface area contributed by atoms with E-state index in [9.17, 15) is 9.59 Å². The summed E-state index contributed by atoms with van der Waals surface area (Å²) in [7, 11) is 3.14. The summed E-state index contributed by atoms with van der Waals surface area (Å²) in [5, 5.41) is 5.79. The summed E-state index contributed by atoms with van der Waals surface area (Å²) >= 11 is 0. The molecule has 2 aromatic carbocycles. The van der Waals surface area contributed by atoms with Gasteiger partial charge in [-0.1, -0.05) is 32.0 Å². The molecular formula is C22H28N2O4. The number of nitrogens with one attached hydrogen (secondary N) is 2.